The summed E-state index contributed by atoms with van der Waals surface area (Å²) in [6.07, 6.45) is 1.14. The van der Waals surface area contributed by atoms with Crippen LogP contribution in [0, 0.1) is 32.6 Å². The lowest BCUT2D eigenvalue weighted by Crippen LogP contribution is -2.29. The molecule has 2 aromatic rings. The molecule has 1 aliphatic carbocycles. The predicted molar refractivity (Wildman–Crippen MR) is 96.9 cm³/mol. The van der Waals surface area contributed by atoms with Crippen LogP contribution in [0.1, 0.15) is 36.8 Å². The zero-order chi connectivity index (χ0) is 18.8. The van der Waals surface area contributed by atoms with Gasteiger partial charge in [-0.05, 0) is 39.2 Å². The molecule has 0 radical (unpaired) electrons. The van der Waals surface area contributed by atoms with E-state index in [2.05, 4.69) is 32.6 Å². The molecule has 2 atom stereocenters. The quantitative estimate of drug-likeness (QED) is 0.820. The summed E-state index contributed by atoms with van der Waals surface area (Å²) in [5.74, 6) is 1.35. The van der Waals surface area contributed by atoms with Crippen LogP contribution in [0.15, 0.2) is 12.1 Å². The van der Waals surface area contributed by atoms with Crippen molar-refractivity contribution in [3.05, 3.63) is 29.2 Å². The van der Waals surface area contributed by atoms with E-state index in [1.165, 1.54) is 4.68 Å². The molecule has 0 bridgehead atoms. The largest absolute Gasteiger partial charge is 0.355 e. The maximum absolute atomic E-state index is 12.2. The van der Waals surface area contributed by atoms with Crippen LogP contribution in [0.5, 0.6) is 0 Å². The highest BCUT2D eigenvalue weighted by molar-refractivity contribution is 5.90. The van der Waals surface area contributed by atoms with Gasteiger partial charge in [-0.3, -0.25) is 9.59 Å². The number of anilines is 1. The van der Waals surface area contributed by atoms with Crippen LogP contribution in [-0.2, 0) is 9.59 Å². The van der Waals surface area contributed by atoms with Crippen LogP contribution in [0.3, 0.4) is 0 Å². The number of aryl methyl sites for hydroxylation is 3. The van der Waals surface area contributed by atoms with Crippen molar-refractivity contribution in [3.63, 3.8) is 0 Å². The van der Waals surface area contributed by atoms with Gasteiger partial charge in [0.25, 0.3) is 5.95 Å². The summed E-state index contributed by atoms with van der Waals surface area (Å²) in [5.41, 5.74) is 2.41. The second-order valence-electron chi connectivity index (χ2n) is 6.94. The molecule has 8 nitrogen and oxygen atoms in total. The summed E-state index contributed by atoms with van der Waals surface area (Å²) in [7, 11) is 0. The lowest BCUT2D eigenvalue weighted by Gasteiger charge is -2.09. The number of aromatic nitrogens is 4. The van der Waals surface area contributed by atoms with Gasteiger partial charge in [-0.15, -0.1) is 0 Å². The van der Waals surface area contributed by atoms with E-state index in [4.69, 9.17) is 0 Å². The van der Waals surface area contributed by atoms with Crippen LogP contribution < -0.4 is 10.6 Å². The van der Waals surface area contributed by atoms with Gasteiger partial charge in [0.2, 0.25) is 11.8 Å². The highest BCUT2D eigenvalue weighted by atomic mass is 16.2. The minimum atomic E-state index is -0.195. The van der Waals surface area contributed by atoms with Crippen LogP contribution >= 0.6 is 0 Å². The van der Waals surface area contributed by atoms with E-state index in [-0.39, 0.29) is 24.2 Å². The summed E-state index contributed by atoms with van der Waals surface area (Å²) in [5, 5.41) is 10.0. The molecule has 0 spiro atoms. The zero-order valence-corrected chi connectivity index (χ0v) is 15.5. The normalized spacial score (nSPS) is 18.5. The molecular weight excluding hydrogens is 332 g/mol. The smallest absolute Gasteiger partial charge is 0.252 e. The first kappa shape index (κ1) is 18.0. The Morgan fingerprint density at radius 2 is 1.81 bits per heavy atom. The van der Waals surface area contributed by atoms with E-state index in [0.29, 0.717) is 24.2 Å². The number of nitrogens with zero attached hydrogens (tertiary/aromatic N) is 4. The number of carbonyl (C=O) groups is 2. The Morgan fingerprint density at radius 1 is 1.15 bits per heavy atom. The molecule has 2 N–H and O–H groups in total. The number of amides is 2. The first-order chi connectivity index (χ1) is 12.3. The second-order valence-corrected chi connectivity index (χ2v) is 6.94. The van der Waals surface area contributed by atoms with E-state index < -0.39 is 0 Å². The molecule has 1 saturated carbocycles. The van der Waals surface area contributed by atoms with Gasteiger partial charge in [-0.1, -0.05) is 6.92 Å². The van der Waals surface area contributed by atoms with Gasteiger partial charge in [0.15, 0.2) is 0 Å². The predicted octanol–water partition coefficient (Wildman–Crippen LogP) is 1.69. The number of carbonyl (C=O) groups excluding carboxylic acids is 2. The van der Waals surface area contributed by atoms with E-state index in [0.717, 1.165) is 23.5 Å². The third-order valence-corrected chi connectivity index (χ3v) is 4.36. The molecule has 2 amide bonds. The van der Waals surface area contributed by atoms with Crippen LogP contribution in [0.2, 0.25) is 0 Å². The molecule has 1 fully saturated rings. The van der Waals surface area contributed by atoms with Crippen LogP contribution in [0.25, 0.3) is 5.95 Å². The fraction of sp³-hybridized carbons (Fsp3) is 0.500. The summed E-state index contributed by atoms with van der Waals surface area (Å²) >= 11 is 0. The topological polar surface area (TPSA) is 102 Å². The average Bonchev–Trinajstić information content (AvgIpc) is 3.17. The van der Waals surface area contributed by atoms with Gasteiger partial charge in [0, 0.05) is 36.3 Å². The molecule has 0 aromatic carbocycles. The summed E-state index contributed by atoms with van der Waals surface area (Å²) in [6.45, 7) is 7.98. The average molecular weight is 356 g/mol. The highest BCUT2D eigenvalue weighted by Crippen LogP contribution is 2.37. The highest BCUT2D eigenvalue weighted by Gasteiger charge is 2.38. The zero-order valence-electron chi connectivity index (χ0n) is 15.5. The van der Waals surface area contributed by atoms with Gasteiger partial charge in [0.1, 0.15) is 5.82 Å². The molecule has 0 aliphatic heterocycles. The molecule has 26 heavy (non-hydrogen) atoms. The minimum absolute atomic E-state index is 0.0369. The molecule has 1 aliphatic rings. The SMILES string of the molecule is Cc1cc(C)nc(-n2nc(C)cc2NC(=O)CCNC(=O)C2CC2C)n1. The Labute approximate surface area is 152 Å². The summed E-state index contributed by atoms with van der Waals surface area (Å²) < 4.78 is 1.53. The van der Waals surface area contributed by atoms with Gasteiger partial charge in [0.05, 0.1) is 5.69 Å². The molecular formula is C18H24N6O2. The summed E-state index contributed by atoms with van der Waals surface area (Å²) in [6, 6.07) is 3.64. The second kappa shape index (κ2) is 7.23. The van der Waals surface area contributed by atoms with E-state index in [9.17, 15) is 9.59 Å². The Kier molecular flexibility index (Phi) is 5.01. The lowest BCUT2D eigenvalue weighted by molar-refractivity contribution is -0.122. The first-order valence-electron chi connectivity index (χ1n) is 8.80. The molecule has 0 saturated heterocycles. The maximum Gasteiger partial charge on any atom is 0.252 e. The standard InChI is InChI=1S/C18H24N6O2/c1-10-7-14(10)17(26)19-6-5-16(25)22-15-9-13(4)23-24(15)18-20-11(2)8-12(3)21-18/h8-10,14H,5-7H2,1-4H3,(H,19,26)(H,22,25). The Morgan fingerprint density at radius 3 is 2.42 bits per heavy atom. The Bertz CT molecular complexity index is 824. The minimum Gasteiger partial charge on any atom is -0.355 e. The Hall–Kier alpha value is -2.77. The van der Waals surface area contributed by atoms with E-state index in [1.54, 1.807) is 6.07 Å². The van der Waals surface area contributed by atoms with Crippen LogP contribution in [-0.4, -0.2) is 38.1 Å². The molecule has 8 heteroatoms. The van der Waals surface area contributed by atoms with E-state index in [1.807, 2.05) is 26.8 Å². The van der Waals surface area contributed by atoms with Crippen molar-refractivity contribution in [1.82, 2.24) is 25.1 Å². The molecule has 2 heterocycles. The van der Waals surface area contributed by atoms with Crippen molar-refractivity contribution in [2.24, 2.45) is 11.8 Å². The fourth-order valence-electron chi connectivity index (χ4n) is 2.87. The maximum atomic E-state index is 12.2. The molecule has 2 aromatic heterocycles. The first-order valence-corrected chi connectivity index (χ1v) is 8.80. The van der Waals surface area contributed by atoms with Gasteiger partial charge in [-0.25, -0.2) is 9.97 Å². The molecule has 138 valence electrons. The van der Waals surface area contributed by atoms with Crippen LogP contribution in [0.4, 0.5) is 5.82 Å². The van der Waals surface area contributed by atoms with Crippen molar-refractivity contribution in [1.29, 1.82) is 0 Å². The lowest BCUT2D eigenvalue weighted by atomic mass is 10.3. The monoisotopic (exact) mass is 356 g/mol. The van der Waals surface area contributed by atoms with E-state index >= 15 is 0 Å². The third-order valence-electron chi connectivity index (χ3n) is 4.36. The number of rotatable bonds is 6. The number of nitrogens with one attached hydrogen (secondary N) is 2. The number of hydrogen-bond donors (Lipinski definition) is 2. The summed E-state index contributed by atoms with van der Waals surface area (Å²) in [4.78, 5) is 32.8. The fourth-order valence-corrected chi connectivity index (χ4v) is 2.87. The Balaban J connectivity index is 1.62. The molecule has 3 rings (SSSR count). The van der Waals surface area contributed by atoms with Gasteiger partial charge < -0.3 is 10.6 Å². The molecule has 2 unspecified atom stereocenters. The van der Waals surface area contributed by atoms with Crippen molar-refractivity contribution >= 4 is 17.6 Å². The third kappa shape index (κ3) is 4.25. The van der Waals surface area contributed by atoms with Gasteiger partial charge in [-0.2, -0.15) is 9.78 Å². The van der Waals surface area contributed by atoms with Crippen molar-refractivity contribution < 1.29 is 9.59 Å². The van der Waals surface area contributed by atoms with Crippen molar-refractivity contribution in [2.45, 2.75) is 40.5 Å². The van der Waals surface area contributed by atoms with Crippen molar-refractivity contribution in [2.75, 3.05) is 11.9 Å². The van der Waals surface area contributed by atoms with Crippen molar-refractivity contribution in [3.8, 4) is 5.95 Å². The van der Waals surface area contributed by atoms with Gasteiger partial charge >= 0.3 is 0 Å². The number of hydrogen-bond acceptors (Lipinski definition) is 5.